The minimum atomic E-state index is 0.0216. The van der Waals surface area contributed by atoms with E-state index in [1.807, 2.05) is 18.2 Å². The summed E-state index contributed by atoms with van der Waals surface area (Å²) in [4.78, 5) is 10.5. The van der Waals surface area contributed by atoms with Crippen LogP contribution in [0.15, 0.2) is 24.3 Å². The lowest BCUT2D eigenvalue weighted by atomic mass is 9.81. The number of methoxy groups -OCH3 is 1. The van der Waals surface area contributed by atoms with Gasteiger partial charge in [0, 0.05) is 5.92 Å². The molecule has 0 radical (unpaired) electrons. The van der Waals surface area contributed by atoms with E-state index in [0.29, 0.717) is 12.4 Å². The Bertz CT molecular complexity index is 375. The quantitative estimate of drug-likeness (QED) is 0.751. The summed E-state index contributed by atoms with van der Waals surface area (Å²) in [5, 5.41) is 0. The van der Waals surface area contributed by atoms with E-state index in [0.717, 1.165) is 25.0 Å². The number of rotatable bonds is 4. The zero-order valence-corrected chi connectivity index (χ0v) is 10.1. The second kappa shape index (κ2) is 5.71. The maximum Gasteiger partial charge on any atom is 0.293 e. The molecule has 1 saturated carbocycles. The molecule has 2 atom stereocenters. The Kier molecular flexibility index (Phi) is 4.02. The average molecular weight is 234 g/mol. The first-order valence-corrected chi connectivity index (χ1v) is 6.08. The van der Waals surface area contributed by atoms with E-state index in [2.05, 4.69) is 6.07 Å². The number of hydrogen-bond acceptors (Lipinski definition) is 3. The van der Waals surface area contributed by atoms with Crippen LogP contribution >= 0.6 is 0 Å². The Morgan fingerprint density at radius 1 is 1.29 bits per heavy atom. The predicted octanol–water partition coefficient (Wildman–Crippen LogP) is 2.89. The van der Waals surface area contributed by atoms with Crippen LogP contribution in [0.3, 0.4) is 0 Å². The number of ether oxygens (including phenoxy) is 2. The Labute approximate surface area is 102 Å². The molecule has 3 nitrogen and oxygen atoms in total. The molecule has 0 aromatic heterocycles. The minimum Gasteiger partial charge on any atom is -0.497 e. The molecule has 1 aliphatic carbocycles. The van der Waals surface area contributed by atoms with Crippen molar-refractivity contribution in [3.8, 4) is 5.75 Å². The van der Waals surface area contributed by atoms with Crippen molar-refractivity contribution in [3.05, 3.63) is 29.8 Å². The molecule has 2 unspecified atom stereocenters. The van der Waals surface area contributed by atoms with Crippen LogP contribution in [0.1, 0.15) is 37.2 Å². The highest BCUT2D eigenvalue weighted by Crippen LogP contribution is 2.35. The van der Waals surface area contributed by atoms with Gasteiger partial charge >= 0.3 is 0 Å². The standard InChI is InChI=1S/C14H18O3/c1-16-12-6-4-5-11(9-12)13-7-2-3-8-14(13)17-10-15/h4-6,9-10,13-14H,2-3,7-8H2,1H3. The summed E-state index contributed by atoms with van der Waals surface area (Å²) < 4.78 is 10.4. The van der Waals surface area contributed by atoms with E-state index in [1.165, 1.54) is 12.0 Å². The van der Waals surface area contributed by atoms with E-state index in [-0.39, 0.29) is 6.10 Å². The molecule has 92 valence electrons. The van der Waals surface area contributed by atoms with Crippen LogP contribution in [-0.2, 0) is 9.53 Å². The van der Waals surface area contributed by atoms with Crippen molar-refractivity contribution in [3.63, 3.8) is 0 Å². The van der Waals surface area contributed by atoms with Crippen molar-refractivity contribution >= 4 is 6.47 Å². The summed E-state index contributed by atoms with van der Waals surface area (Å²) in [7, 11) is 1.67. The topological polar surface area (TPSA) is 35.5 Å². The van der Waals surface area contributed by atoms with Crippen LogP contribution < -0.4 is 4.74 Å². The molecule has 0 amide bonds. The van der Waals surface area contributed by atoms with Gasteiger partial charge in [-0.25, -0.2) is 0 Å². The smallest absolute Gasteiger partial charge is 0.293 e. The Morgan fingerprint density at radius 2 is 2.12 bits per heavy atom. The van der Waals surface area contributed by atoms with Gasteiger partial charge in [0.1, 0.15) is 11.9 Å². The lowest BCUT2D eigenvalue weighted by Gasteiger charge is -2.30. The molecule has 2 rings (SSSR count). The Hall–Kier alpha value is -1.51. The Balaban J connectivity index is 2.19. The molecule has 3 heteroatoms. The first kappa shape index (κ1) is 12.0. The molecule has 0 aliphatic heterocycles. The van der Waals surface area contributed by atoms with Crippen molar-refractivity contribution in [1.82, 2.24) is 0 Å². The van der Waals surface area contributed by atoms with Gasteiger partial charge in [0.15, 0.2) is 0 Å². The van der Waals surface area contributed by atoms with Gasteiger partial charge in [0.2, 0.25) is 0 Å². The molecule has 0 bridgehead atoms. The van der Waals surface area contributed by atoms with Crippen LogP contribution in [0.25, 0.3) is 0 Å². The fraction of sp³-hybridized carbons (Fsp3) is 0.500. The maximum atomic E-state index is 10.5. The zero-order chi connectivity index (χ0) is 12.1. The van der Waals surface area contributed by atoms with Gasteiger partial charge < -0.3 is 9.47 Å². The summed E-state index contributed by atoms with van der Waals surface area (Å²) >= 11 is 0. The molecule has 1 aromatic rings. The van der Waals surface area contributed by atoms with E-state index in [1.54, 1.807) is 7.11 Å². The molecule has 17 heavy (non-hydrogen) atoms. The van der Waals surface area contributed by atoms with E-state index in [4.69, 9.17) is 9.47 Å². The largest absolute Gasteiger partial charge is 0.497 e. The number of hydrogen-bond donors (Lipinski definition) is 0. The van der Waals surface area contributed by atoms with Crippen molar-refractivity contribution in [2.45, 2.75) is 37.7 Å². The fourth-order valence-electron chi connectivity index (χ4n) is 2.58. The summed E-state index contributed by atoms with van der Waals surface area (Å²) in [6.45, 7) is 0.573. The van der Waals surface area contributed by atoms with Crippen molar-refractivity contribution < 1.29 is 14.3 Å². The molecule has 0 N–H and O–H groups in total. The molecule has 0 saturated heterocycles. The second-order valence-corrected chi connectivity index (χ2v) is 4.44. The van der Waals surface area contributed by atoms with Gasteiger partial charge in [0.05, 0.1) is 7.11 Å². The van der Waals surface area contributed by atoms with Gasteiger partial charge in [-0.3, -0.25) is 4.79 Å². The summed E-state index contributed by atoms with van der Waals surface area (Å²) in [5.74, 6) is 1.17. The lowest BCUT2D eigenvalue weighted by molar-refractivity contribution is -0.135. The van der Waals surface area contributed by atoms with Crippen molar-refractivity contribution in [1.29, 1.82) is 0 Å². The van der Waals surface area contributed by atoms with E-state index >= 15 is 0 Å². The summed E-state index contributed by atoms with van der Waals surface area (Å²) in [6.07, 6.45) is 4.39. The minimum absolute atomic E-state index is 0.0216. The highest BCUT2D eigenvalue weighted by Gasteiger charge is 2.27. The van der Waals surface area contributed by atoms with Crippen LogP contribution in [0.2, 0.25) is 0 Å². The monoisotopic (exact) mass is 234 g/mol. The molecule has 1 fully saturated rings. The maximum absolute atomic E-state index is 10.5. The third kappa shape index (κ3) is 2.78. The molecule has 0 heterocycles. The van der Waals surface area contributed by atoms with E-state index < -0.39 is 0 Å². The molecular formula is C14H18O3. The highest BCUT2D eigenvalue weighted by molar-refractivity contribution is 5.39. The van der Waals surface area contributed by atoms with Crippen LogP contribution in [-0.4, -0.2) is 19.7 Å². The molecule has 0 spiro atoms. The number of carbonyl (C=O) groups excluding carboxylic acids is 1. The lowest BCUT2D eigenvalue weighted by Crippen LogP contribution is -2.25. The van der Waals surface area contributed by atoms with Gasteiger partial charge in [-0.1, -0.05) is 18.6 Å². The number of carbonyl (C=O) groups is 1. The zero-order valence-electron chi connectivity index (χ0n) is 10.1. The fourth-order valence-corrected chi connectivity index (χ4v) is 2.58. The average Bonchev–Trinajstić information content (AvgIpc) is 2.40. The van der Waals surface area contributed by atoms with Gasteiger partial charge in [-0.2, -0.15) is 0 Å². The van der Waals surface area contributed by atoms with Crippen molar-refractivity contribution in [2.75, 3.05) is 7.11 Å². The van der Waals surface area contributed by atoms with Crippen molar-refractivity contribution in [2.24, 2.45) is 0 Å². The van der Waals surface area contributed by atoms with Gasteiger partial charge in [-0.05, 0) is 37.0 Å². The number of benzene rings is 1. The third-order valence-corrected chi connectivity index (χ3v) is 3.45. The summed E-state index contributed by atoms with van der Waals surface area (Å²) in [5.41, 5.74) is 1.20. The van der Waals surface area contributed by atoms with Crippen LogP contribution in [0.5, 0.6) is 5.75 Å². The normalized spacial score (nSPS) is 24.1. The molecule has 1 aliphatic rings. The van der Waals surface area contributed by atoms with Crippen LogP contribution in [0.4, 0.5) is 0 Å². The molecule has 1 aromatic carbocycles. The first-order valence-electron chi connectivity index (χ1n) is 6.08. The summed E-state index contributed by atoms with van der Waals surface area (Å²) in [6, 6.07) is 8.04. The van der Waals surface area contributed by atoms with Gasteiger partial charge in [0.25, 0.3) is 6.47 Å². The first-order chi connectivity index (χ1) is 8.35. The predicted molar refractivity (Wildman–Crippen MR) is 65.1 cm³/mol. The Morgan fingerprint density at radius 3 is 2.88 bits per heavy atom. The third-order valence-electron chi connectivity index (χ3n) is 3.45. The highest BCUT2D eigenvalue weighted by atomic mass is 16.5. The van der Waals surface area contributed by atoms with Crippen LogP contribution in [0, 0.1) is 0 Å². The molecular weight excluding hydrogens is 216 g/mol. The van der Waals surface area contributed by atoms with Gasteiger partial charge in [-0.15, -0.1) is 0 Å². The SMILES string of the molecule is COc1cccc(C2CCCCC2OC=O)c1. The second-order valence-electron chi connectivity index (χ2n) is 4.44. The van der Waals surface area contributed by atoms with E-state index in [9.17, 15) is 4.79 Å².